The molecule has 118 valence electrons. The van der Waals surface area contributed by atoms with Crippen LogP contribution in [0.2, 0.25) is 0 Å². The predicted octanol–water partition coefficient (Wildman–Crippen LogP) is 3.50. The number of nitrogens with zero attached hydrogens (tertiary/aromatic N) is 1. The topological polar surface area (TPSA) is 24.5 Å². The molecule has 1 aliphatic heterocycles. The van der Waals surface area contributed by atoms with Gasteiger partial charge in [-0.15, -0.1) is 0 Å². The predicted molar refractivity (Wildman–Crippen MR) is 85.4 cm³/mol. The van der Waals surface area contributed by atoms with Crippen LogP contribution in [0.4, 0.5) is 10.1 Å². The fourth-order valence-electron chi connectivity index (χ4n) is 2.79. The first-order valence-corrected chi connectivity index (χ1v) is 7.84. The van der Waals surface area contributed by atoms with Crippen molar-refractivity contribution in [2.45, 2.75) is 45.7 Å². The minimum Gasteiger partial charge on any atom is -0.377 e. The molecule has 0 amide bonds. The van der Waals surface area contributed by atoms with Gasteiger partial charge in [-0.2, -0.15) is 0 Å². The van der Waals surface area contributed by atoms with E-state index in [9.17, 15) is 4.39 Å². The molecule has 1 aromatic rings. The summed E-state index contributed by atoms with van der Waals surface area (Å²) in [4.78, 5) is 2.11. The number of anilines is 1. The maximum Gasteiger partial charge on any atom is 0.146 e. The third kappa shape index (κ3) is 3.74. The minimum absolute atomic E-state index is 0.146. The van der Waals surface area contributed by atoms with Gasteiger partial charge in [-0.25, -0.2) is 4.39 Å². The molecule has 1 aliphatic rings. The van der Waals surface area contributed by atoms with Gasteiger partial charge in [-0.1, -0.05) is 13.0 Å². The zero-order valence-electron chi connectivity index (χ0n) is 13.6. The van der Waals surface area contributed by atoms with Gasteiger partial charge < -0.3 is 15.0 Å². The lowest BCUT2D eigenvalue weighted by atomic mass is 10.00. The Balaban J connectivity index is 2.19. The number of morpholine rings is 1. The van der Waals surface area contributed by atoms with Crippen LogP contribution in [-0.2, 0) is 4.74 Å². The van der Waals surface area contributed by atoms with Crippen molar-refractivity contribution >= 4 is 5.69 Å². The fraction of sp³-hybridized carbons (Fsp3) is 0.647. The van der Waals surface area contributed by atoms with E-state index in [1.807, 2.05) is 12.1 Å². The van der Waals surface area contributed by atoms with E-state index < -0.39 is 0 Å². The molecule has 1 unspecified atom stereocenters. The molecule has 21 heavy (non-hydrogen) atoms. The SMILES string of the molecule is CCCNC(C)c1ccc(N2CCOCC2(C)C)c(F)c1. The number of benzene rings is 1. The molecule has 0 aliphatic carbocycles. The molecule has 0 radical (unpaired) electrons. The summed E-state index contributed by atoms with van der Waals surface area (Å²) in [6.45, 7) is 11.3. The van der Waals surface area contributed by atoms with Crippen LogP contribution < -0.4 is 10.2 Å². The molecule has 0 saturated carbocycles. The largest absolute Gasteiger partial charge is 0.377 e. The van der Waals surface area contributed by atoms with E-state index in [1.54, 1.807) is 6.07 Å². The molecule has 0 aromatic heterocycles. The zero-order valence-corrected chi connectivity index (χ0v) is 13.6. The maximum absolute atomic E-state index is 14.6. The average Bonchev–Trinajstić information content (AvgIpc) is 2.45. The lowest BCUT2D eigenvalue weighted by Gasteiger charge is -2.44. The van der Waals surface area contributed by atoms with Crippen LogP contribution in [0.25, 0.3) is 0 Å². The molecular formula is C17H27FN2O. The van der Waals surface area contributed by atoms with Crippen LogP contribution in [0, 0.1) is 5.82 Å². The van der Waals surface area contributed by atoms with Crippen molar-refractivity contribution in [2.24, 2.45) is 0 Å². The van der Waals surface area contributed by atoms with Crippen molar-refractivity contribution in [1.82, 2.24) is 5.32 Å². The molecule has 1 saturated heterocycles. The summed E-state index contributed by atoms with van der Waals surface area (Å²) in [5.74, 6) is -0.146. The highest BCUT2D eigenvalue weighted by molar-refractivity contribution is 5.52. The number of hydrogen-bond donors (Lipinski definition) is 1. The second-order valence-electron chi connectivity index (χ2n) is 6.40. The second-order valence-corrected chi connectivity index (χ2v) is 6.40. The van der Waals surface area contributed by atoms with Crippen molar-refractivity contribution in [3.63, 3.8) is 0 Å². The normalized spacial score (nSPS) is 19.6. The number of halogens is 1. The number of ether oxygens (including phenoxy) is 1. The molecule has 3 nitrogen and oxygen atoms in total. The van der Waals surface area contributed by atoms with Gasteiger partial charge in [-0.3, -0.25) is 0 Å². The van der Waals surface area contributed by atoms with Gasteiger partial charge in [0.15, 0.2) is 0 Å². The van der Waals surface area contributed by atoms with Gasteiger partial charge in [-0.05, 0) is 51.4 Å². The van der Waals surface area contributed by atoms with Crippen LogP contribution in [-0.4, -0.2) is 31.8 Å². The lowest BCUT2D eigenvalue weighted by molar-refractivity contribution is 0.0640. The van der Waals surface area contributed by atoms with Crippen LogP contribution in [0.5, 0.6) is 0 Å². The smallest absolute Gasteiger partial charge is 0.146 e. The summed E-state index contributed by atoms with van der Waals surface area (Å²) in [7, 11) is 0. The Morgan fingerprint density at radius 3 is 2.81 bits per heavy atom. The van der Waals surface area contributed by atoms with Gasteiger partial charge in [0.25, 0.3) is 0 Å². The van der Waals surface area contributed by atoms with E-state index >= 15 is 0 Å². The Kier molecular flexibility index (Phi) is 5.22. The summed E-state index contributed by atoms with van der Waals surface area (Å²) >= 11 is 0. The average molecular weight is 294 g/mol. The molecular weight excluding hydrogens is 267 g/mol. The van der Waals surface area contributed by atoms with Gasteiger partial charge >= 0.3 is 0 Å². The molecule has 0 spiro atoms. The van der Waals surface area contributed by atoms with E-state index in [0.29, 0.717) is 18.9 Å². The second kappa shape index (κ2) is 6.75. The quantitative estimate of drug-likeness (QED) is 0.899. The zero-order chi connectivity index (χ0) is 15.5. The Morgan fingerprint density at radius 1 is 1.43 bits per heavy atom. The third-order valence-corrected chi connectivity index (χ3v) is 4.11. The number of nitrogens with one attached hydrogen (secondary N) is 1. The van der Waals surface area contributed by atoms with E-state index in [2.05, 4.69) is 37.9 Å². The first-order chi connectivity index (χ1) is 9.95. The fourth-order valence-corrected chi connectivity index (χ4v) is 2.79. The van der Waals surface area contributed by atoms with Crippen molar-refractivity contribution in [2.75, 3.05) is 31.2 Å². The Labute approximate surface area is 127 Å². The van der Waals surface area contributed by atoms with Crippen molar-refractivity contribution < 1.29 is 9.13 Å². The van der Waals surface area contributed by atoms with Crippen molar-refractivity contribution in [1.29, 1.82) is 0 Å². The first-order valence-electron chi connectivity index (χ1n) is 7.84. The summed E-state index contributed by atoms with van der Waals surface area (Å²) in [5, 5.41) is 3.39. The van der Waals surface area contributed by atoms with Crippen LogP contribution in [0.1, 0.15) is 45.7 Å². The van der Waals surface area contributed by atoms with Crippen molar-refractivity contribution in [3.05, 3.63) is 29.6 Å². The molecule has 1 fully saturated rings. The van der Waals surface area contributed by atoms with E-state index in [-0.39, 0.29) is 17.4 Å². The molecule has 1 atom stereocenters. The van der Waals surface area contributed by atoms with Crippen LogP contribution in [0.3, 0.4) is 0 Å². The summed E-state index contributed by atoms with van der Waals surface area (Å²) in [6, 6.07) is 5.76. The van der Waals surface area contributed by atoms with E-state index in [4.69, 9.17) is 4.74 Å². The Bertz CT molecular complexity index is 476. The maximum atomic E-state index is 14.6. The molecule has 1 aromatic carbocycles. The highest BCUT2D eigenvalue weighted by atomic mass is 19.1. The first kappa shape index (κ1) is 16.2. The minimum atomic E-state index is -0.174. The van der Waals surface area contributed by atoms with Crippen LogP contribution >= 0.6 is 0 Å². The third-order valence-electron chi connectivity index (χ3n) is 4.11. The monoisotopic (exact) mass is 294 g/mol. The van der Waals surface area contributed by atoms with Crippen LogP contribution in [0.15, 0.2) is 18.2 Å². The summed E-state index contributed by atoms with van der Waals surface area (Å²) in [5.41, 5.74) is 1.50. The highest BCUT2D eigenvalue weighted by Gasteiger charge is 2.32. The molecule has 2 rings (SSSR count). The lowest BCUT2D eigenvalue weighted by Crippen LogP contribution is -2.53. The Hall–Kier alpha value is -1.13. The standard InChI is InChI=1S/C17H27FN2O/c1-5-8-19-13(2)14-6-7-16(15(18)11-14)20-9-10-21-12-17(20,3)4/h6-7,11,13,19H,5,8-10,12H2,1-4H3. The van der Waals surface area contributed by atoms with Gasteiger partial charge in [0.1, 0.15) is 5.82 Å². The molecule has 4 heteroatoms. The summed E-state index contributed by atoms with van der Waals surface area (Å²) in [6.07, 6.45) is 1.08. The van der Waals surface area contributed by atoms with Gasteiger partial charge in [0.2, 0.25) is 0 Å². The van der Waals surface area contributed by atoms with Crippen molar-refractivity contribution in [3.8, 4) is 0 Å². The Morgan fingerprint density at radius 2 is 2.19 bits per heavy atom. The van der Waals surface area contributed by atoms with E-state index in [1.165, 1.54) is 0 Å². The molecule has 1 heterocycles. The highest BCUT2D eigenvalue weighted by Crippen LogP contribution is 2.30. The summed E-state index contributed by atoms with van der Waals surface area (Å²) < 4.78 is 20.1. The van der Waals surface area contributed by atoms with Gasteiger partial charge in [0.05, 0.1) is 24.4 Å². The molecule has 0 bridgehead atoms. The van der Waals surface area contributed by atoms with Gasteiger partial charge in [0, 0.05) is 12.6 Å². The number of rotatable bonds is 5. The number of hydrogen-bond acceptors (Lipinski definition) is 3. The van der Waals surface area contributed by atoms with E-state index in [0.717, 1.165) is 25.1 Å². The molecule has 1 N–H and O–H groups in total.